The smallest absolute Gasteiger partial charge is 0.226 e. The molecule has 2 aromatic rings. The average Bonchev–Trinajstić information content (AvgIpc) is 2.81. The molecule has 0 fully saturated rings. The zero-order valence-electron chi connectivity index (χ0n) is 9.93. The van der Waals surface area contributed by atoms with Gasteiger partial charge in [-0.2, -0.15) is 0 Å². The van der Waals surface area contributed by atoms with Crippen molar-refractivity contribution in [3.8, 4) is 0 Å². The van der Waals surface area contributed by atoms with Crippen molar-refractivity contribution in [1.82, 2.24) is 4.98 Å². The van der Waals surface area contributed by atoms with Crippen molar-refractivity contribution in [2.75, 3.05) is 17.7 Å². The van der Waals surface area contributed by atoms with Gasteiger partial charge in [0.15, 0.2) is 5.13 Å². The molecule has 1 amide bonds. The number of carbonyl (C=O) groups is 1. The highest BCUT2D eigenvalue weighted by atomic mass is 32.1. The summed E-state index contributed by atoms with van der Waals surface area (Å²) in [5.41, 5.74) is 1.17. The Bertz CT molecular complexity index is 579. The van der Waals surface area contributed by atoms with Gasteiger partial charge in [-0.1, -0.05) is 41.7 Å². The van der Waals surface area contributed by atoms with Crippen LogP contribution in [-0.4, -0.2) is 17.9 Å². The van der Waals surface area contributed by atoms with E-state index in [1.54, 1.807) is 11.3 Å². The van der Waals surface area contributed by atoms with Crippen LogP contribution in [0.2, 0.25) is 0 Å². The van der Waals surface area contributed by atoms with E-state index < -0.39 is 0 Å². The molecular formula is C13H13N3OS. The van der Waals surface area contributed by atoms with Gasteiger partial charge in [0.25, 0.3) is 0 Å². The molecule has 0 spiro atoms. The van der Waals surface area contributed by atoms with Crippen molar-refractivity contribution in [2.45, 2.75) is 12.3 Å². The van der Waals surface area contributed by atoms with Crippen LogP contribution in [0, 0.1) is 0 Å². The minimum absolute atomic E-state index is 0.0318. The molecule has 1 aliphatic heterocycles. The third-order valence-electron chi connectivity index (χ3n) is 3.03. The number of hydrogen-bond donors (Lipinski definition) is 2. The number of rotatable bonds is 2. The number of amides is 1. The van der Waals surface area contributed by atoms with Crippen LogP contribution in [0.25, 0.3) is 0 Å². The lowest BCUT2D eigenvalue weighted by Gasteiger charge is -2.21. The van der Waals surface area contributed by atoms with Gasteiger partial charge in [-0.25, -0.2) is 4.98 Å². The summed E-state index contributed by atoms with van der Waals surface area (Å²) in [4.78, 5) is 17.2. The Morgan fingerprint density at radius 2 is 2.17 bits per heavy atom. The van der Waals surface area contributed by atoms with Crippen molar-refractivity contribution in [2.24, 2.45) is 0 Å². The van der Waals surface area contributed by atoms with Gasteiger partial charge in [-0.3, -0.25) is 4.79 Å². The predicted molar refractivity (Wildman–Crippen MR) is 73.2 cm³/mol. The number of anilines is 2. The van der Waals surface area contributed by atoms with Crippen LogP contribution in [0.4, 0.5) is 10.9 Å². The van der Waals surface area contributed by atoms with E-state index in [2.05, 4.69) is 27.8 Å². The van der Waals surface area contributed by atoms with Crippen molar-refractivity contribution in [3.63, 3.8) is 0 Å². The molecule has 2 heterocycles. The average molecular weight is 259 g/mol. The molecule has 92 valence electrons. The zero-order valence-corrected chi connectivity index (χ0v) is 10.8. The maximum Gasteiger partial charge on any atom is 0.226 e. The fourth-order valence-corrected chi connectivity index (χ4v) is 3.18. The summed E-state index contributed by atoms with van der Waals surface area (Å²) in [6, 6.07) is 10.1. The van der Waals surface area contributed by atoms with Crippen LogP contribution >= 0.6 is 11.3 Å². The molecule has 1 atom stereocenters. The molecule has 4 nitrogen and oxygen atoms in total. The Morgan fingerprint density at radius 3 is 2.89 bits per heavy atom. The Kier molecular flexibility index (Phi) is 2.76. The second-order valence-corrected chi connectivity index (χ2v) is 5.23. The second-order valence-electron chi connectivity index (χ2n) is 4.20. The molecule has 0 radical (unpaired) electrons. The normalized spacial score (nSPS) is 18.1. The van der Waals surface area contributed by atoms with Gasteiger partial charge in [-0.05, 0) is 5.56 Å². The van der Waals surface area contributed by atoms with Crippen LogP contribution in [0.5, 0.6) is 0 Å². The van der Waals surface area contributed by atoms with Crippen LogP contribution < -0.4 is 10.6 Å². The van der Waals surface area contributed by atoms with E-state index in [4.69, 9.17) is 0 Å². The first-order valence-electron chi connectivity index (χ1n) is 5.81. The molecule has 0 bridgehead atoms. The number of benzene rings is 1. The quantitative estimate of drug-likeness (QED) is 0.871. The number of nitrogens with one attached hydrogen (secondary N) is 2. The topological polar surface area (TPSA) is 54.0 Å². The third kappa shape index (κ3) is 1.86. The minimum atomic E-state index is 0.0318. The summed E-state index contributed by atoms with van der Waals surface area (Å²) >= 11 is 1.60. The highest BCUT2D eigenvalue weighted by Crippen LogP contribution is 2.41. The van der Waals surface area contributed by atoms with Crippen LogP contribution in [-0.2, 0) is 4.79 Å². The number of nitrogens with zero attached hydrogens (tertiary/aromatic N) is 1. The fourth-order valence-electron chi connectivity index (χ4n) is 2.18. The fraction of sp³-hybridized carbons (Fsp3) is 0.231. The lowest BCUT2D eigenvalue weighted by molar-refractivity contribution is -0.116. The molecule has 1 aromatic carbocycles. The number of carbonyl (C=O) groups excluding carboxylic acids is 1. The first-order chi connectivity index (χ1) is 8.78. The summed E-state index contributed by atoms with van der Waals surface area (Å²) in [6.07, 6.45) is 0.488. The van der Waals surface area contributed by atoms with Crippen molar-refractivity contribution >= 4 is 28.2 Å². The lowest BCUT2D eigenvalue weighted by atomic mass is 9.92. The molecule has 2 N–H and O–H groups in total. The van der Waals surface area contributed by atoms with Crippen LogP contribution in [0.3, 0.4) is 0 Å². The van der Waals surface area contributed by atoms with Crippen molar-refractivity contribution < 1.29 is 4.79 Å². The molecule has 1 aromatic heterocycles. The van der Waals surface area contributed by atoms with E-state index in [1.807, 2.05) is 25.2 Å². The maximum atomic E-state index is 11.7. The first kappa shape index (κ1) is 11.2. The molecule has 5 heteroatoms. The standard InChI is InChI=1S/C13H13N3OS/c1-14-13-16-12-11(18-13)9(7-10(17)15-12)8-5-3-2-4-6-8/h2-6,9H,7H2,1H3,(H,14,16)(H,15,17). The minimum Gasteiger partial charge on any atom is -0.365 e. The lowest BCUT2D eigenvalue weighted by Crippen LogP contribution is -2.22. The summed E-state index contributed by atoms with van der Waals surface area (Å²) in [5.74, 6) is 0.855. The van der Waals surface area contributed by atoms with Crippen molar-refractivity contribution in [1.29, 1.82) is 0 Å². The summed E-state index contributed by atoms with van der Waals surface area (Å²) in [7, 11) is 1.84. The third-order valence-corrected chi connectivity index (χ3v) is 4.22. The SMILES string of the molecule is CNc1nc2c(s1)C(c1ccccc1)CC(=O)N2. The molecule has 1 aliphatic rings. The molecule has 0 aliphatic carbocycles. The van der Waals surface area contributed by atoms with E-state index in [-0.39, 0.29) is 11.8 Å². The molecule has 18 heavy (non-hydrogen) atoms. The summed E-state index contributed by atoms with van der Waals surface area (Å²) in [6.45, 7) is 0. The molecule has 1 unspecified atom stereocenters. The van der Waals surface area contributed by atoms with E-state index in [9.17, 15) is 4.79 Å². The van der Waals surface area contributed by atoms with E-state index in [0.29, 0.717) is 12.2 Å². The Labute approximate surface area is 109 Å². The van der Waals surface area contributed by atoms with Gasteiger partial charge >= 0.3 is 0 Å². The van der Waals surface area contributed by atoms with Gasteiger partial charge in [0.1, 0.15) is 5.82 Å². The zero-order chi connectivity index (χ0) is 12.5. The molecule has 3 rings (SSSR count). The van der Waals surface area contributed by atoms with Gasteiger partial charge in [0, 0.05) is 19.4 Å². The van der Waals surface area contributed by atoms with E-state index in [1.165, 1.54) is 5.56 Å². The molecule has 0 saturated carbocycles. The molecular weight excluding hydrogens is 246 g/mol. The highest BCUT2D eigenvalue weighted by Gasteiger charge is 2.29. The Hall–Kier alpha value is -1.88. The first-order valence-corrected chi connectivity index (χ1v) is 6.63. The predicted octanol–water partition coefficient (Wildman–Crippen LogP) is 2.66. The second kappa shape index (κ2) is 4.42. The van der Waals surface area contributed by atoms with Crippen molar-refractivity contribution in [3.05, 3.63) is 40.8 Å². The number of aromatic nitrogens is 1. The van der Waals surface area contributed by atoms with Gasteiger partial charge in [-0.15, -0.1) is 0 Å². The number of hydrogen-bond acceptors (Lipinski definition) is 4. The largest absolute Gasteiger partial charge is 0.365 e. The summed E-state index contributed by atoms with van der Waals surface area (Å²) in [5, 5.41) is 6.70. The highest BCUT2D eigenvalue weighted by molar-refractivity contribution is 7.16. The van der Waals surface area contributed by atoms with E-state index in [0.717, 1.165) is 10.0 Å². The van der Waals surface area contributed by atoms with Gasteiger partial charge in [0.2, 0.25) is 5.91 Å². The van der Waals surface area contributed by atoms with Gasteiger partial charge < -0.3 is 10.6 Å². The summed E-state index contributed by atoms with van der Waals surface area (Å²) < 4.78 is 0. The van der Waals surface area contributed by atoms with E-state index >= 15 is 0 Å². The Morgan fingerprint density at radius 1 is 1.39 bits per heavy atom. The Balaban J connectivity index is 2.07. The number of fused-ring (bicyclic) bond motifs is 1. The maximum absolute atomic E-state index is 11.7. The van der Waals surface area contributed by atoms with Crippen LogP contribution in [0.1, 0.15) is 22.8 Å². The monoisotopic (exact) mass is 259 g/mol. The molecule has 0 saturated heterocycles. The van der Waals surface area contributed by atoms with Crippen LogP contribution in [0.15, 0.2) is 30.3 Å². The van der Waals surface area contributed by atoms with Gasteiger partial charge in [0.05, 0.1) is 4.88 Å². The number of thiazole rings is 1.